The molecule has 2 aromatic rings. The highest BCUT2D eigenvalue weighted by atomic mass is 19.1. The number of halogens is 1. The Morgan fingerprint density at radius 2 is 1.96 bits per heavy atom. The molecule has 0 bridgehead atoms. The van der Waals surface area contributed by atoms with Crippen LogP contribution in [0, 0.1) is 5.82 Å². The van der Waals surface area contributed by atoms with Crippen molar-refractivity contribution in [2.24, 2.45) is 7.05 Å². The fourth-order valence-corrected chi connectivity index (χ4v) is 3.69. The third-order valence-corrected chi connectivity index (χ3v) is 5.14. The number of nitrogens with zero attached hydrogens (tertiary/aromatic N) is 3. The average Bonchev–Trinajstić information content (AvgIpc) is 2.95. The van der Waals surface area contributed by atoms with Gasteiger partial charge in [-0.3, -0.25) is 14.5 Å². The minimum absolute atomic E-state index is 0.0877. The molecule has 6 nitrogen and oxygen atoms in total. The minimum atomic E-state index is -0.371. The summed E-state index contributed by atoms with van der Waals surface area (Å²) in [6, 6.07) is 6.05. The van der Waals surface area contributed by atoms with E-state index in [0.717, 1.165) is 5.52 Å². The average molecular weight is 360 g/mol. The van der Waals surface area contributed by atoms with Crippen molar-refractivity contribution in [2.45, 2.75) is 25.9 Å². The van der Waals surface area contributed by atoms with Gasteiger partial charge in [-0.1, -0.05) is 0 Å². The predicted octanol–water partition coefficient (Wildman–Crippen LogP) is 1.60. The molecule has 1 atom stereocenters. The van der Waals surface area contributed by atoms with E-state index in [4.69, 9.17) is 0 Å². The van der Waals surface area contributed by atoms with Gasteiger partial charge in [0.25, 0.3) is 5.91 Å². The molecular formula is C19H25FN4O2. The number of likely N-dealkylation sites (N-methyl/N-ethyl adjacent to an activating group) is 1. The molecule has 0 radical (unpaired) electrons. The molecule has 26 heavy (non-hydrogen) atoms. The molecule has 1 N–H and O–H groups in total. The first-order chi connectivity index (χ1) is 12.3. The monoisotopic (exact) mass is 360 g/mol. The highest BCUT2D eigenvalue weighted by molar-refractivity contribution is 5.99. The first-order valence-corrected chi connectivity index (χ1v) is 8.85. The molecule has 1 aromatic heterocycles. The van der Waals surface area contributed by atoms with Crippen molar-refractivity contribution < 1.29 is 14.0 Å². The molecule has 140 valence electrons. The summed E-state index contributed by atoms with van der Waals surface area (Å²) in [6.07, 6.45) is 0. The number of aromatic nitrogens is 1. The van der Waals surface area contributed by atoms with Crippen LogP contribution in [0.1, 0.15) is 24.3 Å². The quantitative estimate of drug-likeness (QED) is 0.905. The van der Waals surface area contributed by atoms with Crippen molar-refractivity contribution in [2.75, 3.05) is 26.7 Å². The van der Waals surface area contributed by atoms with Crippen molar-refractivity contribution in [3.8, 4) is 0 Å². The van der Waals surface area contributed by atoms with Crippen LogP contribution in [0.4, 0.5) is 4.39 Å². The maximum atomic E-state index is 13.5. The lowest BCUT2D eigenvalue weighted by molar-refractivity contribution is -0.128. The smallest absolute Gasteiger partial charge is 0.270 e. The summed E-state index contributed by atoms with van der Waals surface area (Å²) in [5.74, 6) is -0.552. The van der Waals surface area contributed by atoms with Gasteiger partial charge in [-0.2, -0.15) is 0 Å². The van der Waals surface area contributed by atoms with Crippen LogP contribution in [0.3, 0.4) is 0 Å². The predicted molar refractivity (Wildman–Crippen MR) is 98.5 cm³/mol. The maximum absolute atomic E-state index is 13.5. The highest BCUT2D eigenvalue weighted by Crippen LogP contribution is 2.22. The molecule has 2 heterocycles. The molecule has 0 spiro atoms. The van der Waals surface area contributed by atoms with E-state index in [2.05, 4.69) is 10.2 Å². The van der Waals surface area contributed by atoms with E-state index in [9.17, 15) is 14.0 Å². The fourth-order valence-electron chi connectivity index (χ4n) is 3.69. The van der Waals surface area contributed by atoms with Crippen LogP contribution in [-0.2, 0) is 11.8 Å². The number of amides is 2. The van der Waals surface area contributed by atoms with E-state index in [1.165, 1.54) is 12.1 Å². The second-order valence-electron chi connectivity index (χ2n) is 7.00. The van der Waals surface area contributed by atoms with Crippen molar-refractivity contribution in [3.05, 3.63) is 35.8 Å². The molecule has 2 amide bonds. The maximum Gasteiger partial charge on any atom is 0.270 e. The normalized spacial score (nSPS) is 18.5. The summed E-state index contributed by atoms with van der Waals surface area (Å²) in [5, 5.41) is 3.39. The van der Waals surface area contributed by atoms with Crippen LogP contribution in [0.2, 0.25) is 0 Å². The second-order valence-corrected chi connectivity index (χ2v) is 7.00. The Labute approximate surface area is 152 Å². The summed E-state index contributed by atoms with van der Waals surface area (Å²) >= 11 is 0. The highest BCUT2D eigenvalue weighted by Gasteiger charge is 2.35. The standard InChI is InChI=1S/C19H25FN4O2/c1-12(2)24-8-7-23(11-17(24)18(25)21-3)19(26)16-10-13-9-14(20)5-6-15(13)22(16)4/h5-6,9-10,12,17H,7-8,11H2,1-4H3,(H,21,25). The van der Waals surface area contributed by atoms with Gasteiger partial charge in [0.2, 0.25) is 5.91 Å². The molecule has 1 unspecified atom stereocenters. The zero-order chi connectivity index (χ0) is 19.0. The van der Waals surface area contributed by atoms with Gasteiger partial charge in [0.1, 0.15) is 17.6 Å². The largest absolute Gasteiger partial charge is 0.358 e. The fraction of sp³-hybridized carbons (Fsp3) is 0.474. The van der Waals surface area contributed by atoms with Crippen LogP contribution < -0.4 is 5.32 Å². The van der Waals surface area contributed by atoms with Gasteiger partial charge in [0.05, 0.1) is 0 Å². The summed E-state index contributed by atoms with van der Waals surface area (Å²) in [5.41, 5.74) is 1.30. The SMILES string of the molecule is CNC(=O)C1CN(C(=O)c2cc3cc(F)ccc3n2C)CCN1C(C)C. The molecule has 1 fully saturated rings. The van der Waals surface area contributed by atoms with E-state index in [1.54, 1.807) is 35.7 Å². The first kappa shape index (κ1) is 18.4. The van der Waals surface area contributed by atoms with Crippen molar-refractivity contribution >= 4 is 22.7 Å². The lowest BCUT2D eigenvalue weighted by atomic mass is 10.1. The third kappa shape index (κ3) is 3.19. The summed E-state index contributed by atoms with van der Waals surface area (Å²) < 4.78 is 15.3. The van der Waals surface area contributed by atoms with E-state index < -0.39 is 0 Å². The Balaban J connectivity index is 1.88. The van der Waals surface area contributed by atoms with E-state index in [-0.39, 0.29) is 29.7 Å². The lowest BCUT2D eigenvalue weighted by Gasteiger charge is -2.42. The van der Waals surface area contributed by atoms with Crippen LogP contribution >= 0.6 is 0 Å². The van der Waals surface area contributed by atoms with Crippen molar-refractivity contribution in [1.29, 1.82) is 0 Å². The van der Waals surface area contributed by atoms with Gasteiger partial charge in [0, 0.05) is 50.7 Å². The lowest BCUT2D eigenvalue weighted by Crippen LogP contribution is -2.61. The Kier molecular flexibility index (Phi) is 5.00. The molecule has 1 aliphatic heterocycles. The van der Waals surface area contributed by atoms with Crippen molar-refractivity contribution in [3.63, 3.8) is 0 Å². The number of benzene rings is 1. The summed E-state index contributed by atoms with van der Waals surface area (Å²) in [6.45, 7) is 5.63. The second kappa shape index (κ2) is 7.07. The Morgan fingerprint density at radius 3 is 2.62 bits per heavy atom. The number of hydrogen-bond donors (Lipinski definition) is 1. The van der Waals surface area contributed by atoms with E-state index in [0.29, 0.717) is 30.7 Å². The molecule has 0 aliphatic carbocycles. The summed E-state index contributed by atoms with van der Waals surface area (Å²) in [4.78, 5) is 29.2. The Bertz CT molecular complexity index is 845. The number of carbonyl (C=O) groups is 2. The number of fused-ring (bicyclic) bond motifs is 1. The van der Waals surface area contributed by atoms with Crippen molar-refractivity contribution in [1.82, 2.24) is 19.7 Å². The van der Waals surface area contributed by atoms with E-state index >= 15 is 0 Å². The topological polar surface area (TPSA) is 57.6 Å². The molecule has 1 aliphatic rings. The molecule has 3 rings (SSSR count). The van der Waals surface area contributed by atoms with Crippen LogP contribution in [0.15, 0.2) is 24.3 Å². The van der Waals surface area contributed by atoms with E-state index in [1.807, 2.05) is 13.8 Å². The van der Waals surface area contributed by atoms with Gasteiger partial charge >= 0.3 is 0 Å². The Hall–Kier alpha value is -2.41. The zero-order valence-electron chi connectivity index (χ0n) is 15.6. The number of hydrogen-bond acceptors (Lipinski definition) is 3. The van der Waals surface area contributed by atoms with Crippen LogP contribution in [0.25, 0.3) is 10.9 Å². The molecule has 0 saturated carbocycles. The van der Waals surface area contributed by atoms with Gasteiger partial charge in [-0.15, -0.1) is 0 Å². The molecule has 1 aromatic carbocycles. The number of piperazine rings is 1. The van der Waals surface area contributed by atoms with Gasteiger partial charge < -0.3 is 14.8 Å². The van der Waals surface area contributed by atoms with Gasteiger partial charge in [-0.05, 0) is 38.1 Å². The molecular weight excluding hydrogens is 335 g/mol. The molecule has 1 saturated heterocycles. The summed E-state index contributed by atoms with van der Waals surface area (Å²) in [7, 11) is 3.41. The third-order valence-electron chi connectivity index (χ3n) is 5.14. The van der Waals surface area contributed by atoms with Crippen LogP contribution in [0.5, 0.6) is 0 Å². The number of carbonyl (C=O) groups excluding carboxylic acids is 2. The van der Waals surface area contributed by atoms with Crippen LogP contribution in [-0.4, -0.2) is 64.9 Å². The minimum Gasteiger partial charge on any atom is -0.358 e. The number of nitrogens with one attached hydrogen (secondary N) is 1. The Morgan fingerprint density at radius 1 is 1.23 bits per heavy atom. The first-order valence-electron chi connectivity index (χ1n) is 8.85. The zero-order valence-corrected chi connectivity index (χ0v) is 15.6. The number of aryl methyl sites for hydroxylation is 1. The number of rotatable bonds is 3. The van der Waals surface area contributed by atoms with Gasteiger partial charge in [0.15, 0.2) is 0 Å². The van der Waals surface area contributed by atoms with Gasteiger partial charge in [-0.25, -0.2) is 4.39 Å². The molecule has 7 heteroatoms.